The molecule has 7 nitrogen and oxygen atoms in total. The molecule has 0 saturated heterocycles. The fourth-order valence-corrected chi connectivity index (χ4v) is 2.37. The monoisotopic (exact) mass is 328 g/mol. The first-order valence-corrected chi connectivity index (χ1v) is 8.04. The number of amides is 1. The lowest BCUT2D eigenvalue weighted by atomic mass is 10.1. The van der Waals surface area contributed by atoms with Gasteiger partial charge in [0, 0.05) is 12.0 Å². The number of H-pyrrole nitrogens is 1. The highest BCUT2D eigenvalue weighted by molar-refractivity contribution is 5.94. The Hall–Kier alpha value is -2.88. The minimum Gasteiger partial charge on any atom is -0.325 e. The smallest absolute Gasteiger partial charge is 0.325 e. The number of carbonyl (C=O) groups is 1. The molecular weight excluding hydrogens is 308 g/mol. The van der Waals surface area contributed by atoms with Gasteiger partial charge in [0.15, 0.2) is 5.82 Å². The molecule has 126 valence electrons. The van der Waals surface area contributed by atoms with Crippen LogP contribution < -0.4 is 11.1 Å². The molecule has 0 saturated carbocycles. The predicted octanol–water partition coefficient (Wildman–Crippen LogP) is 3.20. The van der Waals surface area contributed by atoms with E-state index in [4.69, 9.17) is 5.26 Å². The van der Waals surface area contributed by atoms with E-state index in [1.165, 1.54) is 6.42 Å². The van der Waals surface area contributed by atoms with Crippen molar-refractivity contribution >= 4 is 11.6 Å². The lowest BCUT2D eigenvalue weighted by Gasteiger charge is -2.09. The SMILES string of the molecule is CCCCCCCC(=O)Nc1ccc(C#N)cc1-c1noc(=O)[nH]1. The van der Waals surface area contributed by atoms with Crippen molar-refractivity contribution in [2.45, 2.75) is 45.4 Å². The fourth-order valence-electron chi connectivity index (χ4n) is 2.37. The number of carbonyl (C=O) groups excluding carboxylic acids is 1. The molecule has 24 heavy (non-hydrogen) atoms. The quantitative estimate of drug-likeness (QED) is 0.723. The molecule has 2 aromatic rings. The number of unbranched alkanes of at least 4 members (excludes halogenated alkanes) is 4. The molecule has 2 rings (SSSR count). The molecule has 0 spiro atoms. The minimum atomic E-state index is -0.694. The molecule has 0 fully saturated rings. The zero-order valence-electron chi connectivity index (χ0n) is 13.6. The second-order valence-corrected chi connectivity index (χ2v) is 5.53. The number of benzene rings is 1. The van der Waals surface area contributed by atoms with Crippen molar-refractivity contribution in [1.82, 2.24) is 10.1 Å². The predicted molar refractivity (Wildman–Crippen MR) is 89.3 cm³/mol. The van der Waals surface area contributed by atoms with Crippen LogP contribution in [0.25, 0.3) is 11.4 Å². The summed E-state index contributed by atoms with van der Waals surface area (Å²) >= 11 is 0. The van der Waals surface area contributed by atoms with Crippen molar-refractivity contribution < 1.29 is 9.32 Å². The summed E-state index contributed by atoms with van der Waals surface area (Å²) in [4.78, 5) is 25.7. The lowest BCUT2D eigenvalue weighted by Crippen LogP contribution is -2.12. The average Bonchev–Trinajstić information content (AvgIpc) is 3.01. The van der Waals surface area contributed by atoms with Crippen LogP contribution in [-0.2, 0) is 4.79 Å². The summed E-state index contributed by atoms with van der Waals surface area (Å²) < 4.78 is 4.50. The van der Waals surface area contributed by atoms with Gasteiger partial charge in [-0.05, 0) is 24.6 Å². The molecule has 0 aliphatic carbocycles. The third-order valence-corrected chi connectivity index (χ3v) is 3.63. The van der Waals surface area contributed by atoms with Gasteiger partial charge in [-0.3, -0.25) is 14.3 Å². The molecule has 0 aliphatic heterocycles. The molecule has 7 heteroatoms. The number of nitriles is 1. The Morgan fingerprint density at radius 1 is 1.33 bits per heavy atom. The van der Waals surface area contributed by atoms with E-state index < -0.39 is 5.76 Å². The number of hydrogen-bond acceptors (Lipinski definition) is 5. The number of nitrogens with one attached hydrogen (secondary N) is 2. The first-order chi connectivity index (χ1) is 11.6. The van der Waals surface area contributed by atoms with Gasteiger partial charge in [0.25, 0.3) is 0 Å². The largest absolute Gasteiger partial charge is 0.439 e. The van der Waals surface area contributed by atoms with E-state index in [9.17, 15) is 9.59 Å². The van der Waals surface area contributed by atoms with Crippen LogP contribution in [0.3, 0.4) is 0 Å². The molecule has 1 aromatic carbocycles. The number of rotatable bonds is 8. The van der Waals surface area contributed by atoms with Gasteiger partial charge >= 0.3 is 5.76 Å². The number of anilines is 1. The van der Waals surface area contributed by atoms with Crippen LogP contribution in [0, 0.1) is 11.3 Å². The van der Waals surface area contributed by atoms with E-state index in [2.05, 4.69) is 26.9 Å². The Morgan fingerprint density at radius 2 is 2.12 bits per heavy atom. The highest BCUT2D eigenvalue weighted by atomic mass is 16.5. The van der Waals surface area contributed by atoms with Crippen LogP contribution >= 0.6 is 0 Å². The van der Waals surface area contributed by atoms with E-state index in [-0.39, 0.29) is 11.7 Å². The van der Waals surface area contributed by atoms with Crippen molar-refractivity contribution in [3.05, 3.63) is 34.3 Å². The molecule has 0 aliphatic rings. The van der Waals surface area contributed by atoms with E-state index in [1.807, 2.05) is 6.07 Å². The molecule has 0 atom stereocenters. The summed E-state index contributed by atoms with van der Waals surface area (Å²) in [5.41, 5.74) is 1.32. The third kappa shape index (κ3) is 4.81. The van der Waals surface area contributed by atoms with Crippen LogP contribution in [0.2, 0.25) is 0 Å². The Bertz CT molecular complexity index is 786. The van der Waals surface area contributed by atoms with Gasteiger partial charge in [-0.25, -0.2) is 4.79 Å². The Kier molecular flexibility index (Phi) is 6.32. The third-order valence-electron chi connectivity index (χ3n) is 3.63. The van der Waals surface area contributed by atoms with Crippen molar-refractivity contribution in [3.8, 4) is 17.5 Å². The van der Waals surface area contributed by atoms with Gasteiger partial charge in [-0.15, -0.1) is 0 Å². The van der Waals surface area contributed by atoms with Crippen molar-refractivity contribution in [2.24, 2.45) is 0 Å². The Balaban J connectivity index is 2.08. The zero-order valence-corrected chi connectivity index (χ0v) is 13.6. The highest BCUT2D eigenvalue weighted by Gasteiger charge is 2.13. The van der Waals surface area contributed by atoms with Crippen LogP contribution in [0.4, 0.5) is 5.69 Å². The summed E-state index contributed by atoms with van der Waals surface area (Å²) in [5.74, 6) is -0.626. The lowest BCUT2D eigenvalue weighted by molar-refractivity contribution is -0.116. The molecule has 0 radical (unpaired) electrons. The minimum absolute atomic E-state index is 0.108. The number of aromatic amines is 1. The maximum absolute atomic E-state index is 12.1. The van der Waals surface area contributed by atoms with Crippen LogP contribution in [-0.4, -0.2) is 16.0 Å². The normalized spacial score (nSPS) is 10.3. The summed E-state index contributed by atoms with van der Waals surface area (Å²) in [6, 6.07) is 6.78. The Labute approximate surface area is 139 Å². The van der Waals surface area contributed by atoms with Crippen LogP contribution in [0.5, 0.6) is 0 Å². The zero-order chi connectivity index (χ0) is 17.4. The summed E-state index contributed by atoms with van der Waals surface area (Å²) in [5, 5.41) is 15.5. The highest BCUT2D eigenvalue weighted by Crippen LogP contribution is 2.26. The topological polar surface area (TPSA) is 112 Å². The van der Waals surface area contributed by atoms with Gasteiger partial charge in [-0.1, -0.05) is 37.8 Å². The molecule has 2 N–H and O–H groups in total. The standard InChI is InChI=1S/C17H20N4O3/c1-2-3-4-5-6-7-15(22)19-14-9-8-12(11-18)10-13(14)16-20-17(23)24-21-16/h8-10H,2-7H2,1H3,(H,19,22)(H,20,21,23). The first kappa shape index (κ1) is 17.5. The molecule has 1 aromatic heterocycles. The van der Waals surface area contributed by atoms with Gasteiger partial charge in [0.2, 0.25) is 5.91 Å². The second-order valence-electron chi connectivity index (χ2n) is 5.53. The molecule has 0 bridgehead atoms. The van der Waals surface area contributed by atoms with Crippen LogP contribution in [0.1, 0.15) is 51.0 Å². The number of aromatic nitrogens is 2. The van der Waals surface area contributed by atoms with Crippen molar-refractivity contribution in [3.63, 3.8) is 0 Å². The van der Waals surface area contributed by atoms with Gasteiger partial charge in [0.1, 0.15) is 0 Å². The van der Waals surface area contributed by atoms with Crippen molar-refractivity contribution in [2.75, 3.05) is 5.32 Å². The van der Waals surface area contributed by atoms with Gasteiger partial charge in [-0.2, -0.15) is 5.26 Å². The number of hydrogen-bond donors (Lipinski definition) is 2. The fraction of sp³-hybridized carbons (Fsp3) is 0.412. The van der Waals surface area contributed by atoms with Crippen molar-refractivity contribution in [1.29, 1.82) is 5.26 Å². The maximum atomic E-state index is 12.1. The van der Waals surface area contributed by atoms with E-state index in [1.54, 1.807) is 18.2 Å². The molecular formula is C17H20N4O3. The van der Waals surface area contributed by atoms with Gasteiger partial charge in [0.05, 0.1) is 17.3 Å². The molecule has 1 heterocycles. The van der Waals surface area contributed by atoms with E-state index in [0.717, 1.165) is 25.7 Å². The van der Waals surface area contributed by atoms with Gasteiger partial charge < -0.3 is 5.32 Å². The van der Waals surface area contributed by atoms with E-state index in [0.29, 0.717) is 23.2 Å². The maximum Gasteiger partial charge on any atom is 0.439 e. The Morgan fingerprint density at radius 3 is 2.79 bits per heavy atom. The molecule has 1 amide bonds. The average molecular weight is 328 g/mol. The van der Waals surface area contributed by atoms with Crippen LogP contribution in [0.15, 0.2) is 27.5 Å². The number of nitrogens with zero attached hydrogens (tertiary/aromatic N) is 2. The second kappa shape index (κ2) is 8.67. The summed E-state index contributed by atoms with van der Waals surface area (Å²) in [6.45, 7) is 2.15. The summed E-state index contributed by atoms with van der Waals surface area (Å²) in [6.07, 6.45) is 5.76. The van der Waals surface area contributed by atoms with E-state index >= 15 is 0 Å². The summed E-state index contributed by atoms with van der Waals surface area (Å²) in [7, 11) is 0. The molecule has 0 unspecified atom stereocenters. The first-order valence-electron chi connectivity index (χ1n) is 8.04.